The lowest BCUT2D eigenvalue weighted by Crippen LogP contribution is -2.27. The van der Waals surface area contributed by atoms with Crippen LogP contribution in [0.5, 0.6) is 0 Å². The first-order valence-electron chi connectivity index (χ1n) is 8.34. The van der Waals surface area contributed by atoms with Crippen molar-refractivity contribution in [3.8, 4) is 0 Å². The summed E-state index contributed by atoms with van der Waals surface area (Å²) >= 11 is 5.97. The van der Waals surface area contributed by atoms with Crippen LogP contribution in [0, 0.1) is 25.7 Å². The van der Waals surface area contributed by atoms with Crippen molar-refractivity contribution in [1.29, 1.82) is 0 Å². The number of halogens is 1. The molecule has 1 saturated carbocycles. The van der Waals surface area contributed by atoms with Gasteiger partial charge in [-0.25, -0.2) is 0 Å². The zero-order valence-corrected chi connectivity index (χ0v) is 15.1. The topological polar surface area (TPSA) is 58.2 Å². The zero-order valence-electron chi connectivity index (χ0n) is 14.3. The van der Waals surface area contributed by atoms with Crippen molar-refractivity contribution in [3.05, 3.63) is 64.2 Å². The van der Waals surface area contributed by atoms with Gasteiger partial charge in [0.05, 0.1) is 11.8 Å². The largest absolute Gasteiger partial charge is 0.352 e. The second kappa shape index (κ2) is 7.28. The van der Waals surface area contributed by atoms with E-state index in [9.17, 15) is 9.59 Å². The molecule has 0 aromatic heterocycles. The third-order valence-electron chi connectivity index (χ3n) is 4.51. The van der Waals surface area contributed by atoms with E-state index in [0.29, 0.717) is 23.7 Å². The molecule has 0 radical (unpaired) electrons. The van der Waals surface area contributed by atoms with Crippen LogP contribution >= 0.6 is 11.6 Å². The maximum atomic E-state index is 12.3. The summed E-state index contributed by atoms with van der Waals surface area (Å²) in [6.07, 6.45) is 0.588. The molecule has 0 aliphatic heterocycles. The van der Waals surface area contributed by atoms with Crippen LogP contribution in [0.3, 0.4) is 0 Å². The molecule has 5 heteroatoms. The van der Waals surface area contributed by atoms with Crippen molar-refractivity contribution < 1.29 is 9.59 Å². The minimum absolute atomic E-state index is 0.0662. The van der Waals surface area contributed by atoms with Gasteiger partial charge in [-0.2, -0.15) is 0 Å². The third kappa shape index (κ3) is 4.40. The lowest BCUT2D eigenvalue weighted by Gasteiger charge is -2.09. The van der Waals surface area contributed by atoms with E-state index in [-0.39, 0.29) is 23.7 Å². The van der Waals surface area contributed by atoms with Gasteiger partial charge in [-0.05, 0) is 43.5 Å². The first kappa shape index (κ1) is 17.5. The van der Waals surface area contributed by atoms with E-state index in [1.807, 2.05) is 44.2 Å². The van der Waals surface area contributed by atoms with Crippen molar-refractivity contribution in [2.75, 3.05) is 5.32 Å². The molecular weight excluding hydrogens is 336 g/mol. The molecule has 2 N–H and O–H groups in total. The Morgan fingerprint density at radius 2 is 1.72 bits per heavy atom. The number of hydrogen-bond acceptors (Lipinski definition) is 2. The van der Waals surface area contributed by atoms with E-state index >= 15 is 0 Å². The van der Waals surface area contributed by atoms with Crippen LogP contribution in [-0.4, -0.2) is 11.8 Å². The third-order valence-corrected chi connectivity index (χ3v) is 4.74. The number of amides is 2. The molecule has 4 nitrogen and oxygen atoms in total. The molecule has 3 rings (SSSR count). The van der Waals surface area contributed by atoms with Gasteiger partial charge >= 0.3 is 0 Å². The predicted octanol–water partition coefficient (Wildman–Crippen LogP) is 3.85. The molecule has 0 bridgehead atoms. The van der Waals surface area contributed by atoms with Gasteiger partial charge in [-0.15, -0.1) is 0 Å². The Hall–Kier alpha value is -2.33. The first-order chi connectivity index (χ1) is 11.9. The van der Waals surface area contributed by atoms with Gasteiger partial charge in [0.1, 0.15) is 0 Å². The Morgan fingerprint density at radius 1 is 1.04 bits per heavy atom. The summed E-state index contributed by atoms with van der Waals surface area (Å²) in [6, 6.07) is 13.4. The Balaban J connectivity index is 1.51. The fourth-order valence-electron chi connectivity index (χ4n) is 2.76. The van der Waals surface area contributed by atoms with Gasteiger partial charge in [-0.1, -0.05) is 47.5 Å². The fraction of sp³-hybridized carbons (Fsp3) is 0.300. The lowest BCUT2D eigenvalue weighted by atomic mass is 10.1. The van der Waals surface area contributed by atoms with Gasteiger partial charge in [-0.3, -0.25) is 9.59 Å². The van der Waals surface area contributed by atoms with Crippen LogP contribution in [-0.2, 0) is 16.1 Å². The summed E-state index contributed by atoms with van der Waals surface area (Å²) in [7, 11) is 0. The molecule has 1 fully saturated rings. The average molecular weight is 357 g/mol. The normalized spacial score (nSPS) is 18.5. The van der Waals surface area contributed by atoms with Crippen molar-refractivity contribution in [2.45, 2.75) is 26.8 Å². The first-order valence-corrected chi connectivity index (χ1v) is 8.72. The minimum Gasteiger partial charge on any atom is -0.352 e. The summed E-state index contributed by atoms with van der Waals surface area (Å²) in [5.74, 6) is -0.703. The fourth-order valence-corrected chi connectivity index (χ4v) is 2.93. The van der Waals surface area contributed by atoms with E-state index in [2.05, 4.69) is 10.6 Å². The maximum Gasteiger partial charge on any atom is 0.228 e. The van der Waals surface area contributed by atoms with E-state index in [1.54, 1.807) is 12.1 Å². The molecule has 25 heavy (non-hydrogen) atoms. The molecule has 0 heterocycles. The van der Waals surface area contributed by atoms with Crippen LogP contribution in [0.2, 0.25) is 5.02 Å². The van der Waals surface area contributed by atoms with Crippen molar-refractivity contribution in [3.63, 3.8) is 0 Å². The second-order valence-electron chi connectivity index (χ2n) is 6.60. The minimum atomic E-state index is -0.267. The van der Waals surface area contributed by atoms with Crippen LogP contribution < -0.4 is 10.6 Å². The Kier molecular flexibility index (Phi) is 5.09. The van der Waals surface area contributed by atoms with Crippen molar-refractivity contribution in [2.24, 2.45) is 11.8 Å². The highest BCUT2D eigenvalue weighted by Crippen LogP contribution is 2.39. The Morgan fingerprint density at radius 3 is 2.44 bits per heavy atom. The quantitative estimate of drug-likeness (QED) is 0.854. The molecule has 1 aliphatic rings. The van der Waals surface area contributed by atoms with E-state index in [1.165, 1.54) is 5.56 Å². The molecule has 130 valence electrons. The second-order valence-corrected chi connectivity index (χ2v) is 7.04. The van der Waals surface area contributed by atoms with Gasteiger partial charge in [0.2, 0.25) is 11.8 Å². The molecular formula is C20H21ClN2O2. The van der Waals surface area contributed by atoms with Gasteiger partial charge < -0.3 is 10.6 Å². The molecule has 1 aliphatic carbocycles. The molecule has 0 saturated heterocycles. The predicted molar refractivity (Wildman–Crippen MR) is 99.4 cm³/mol. The SMILES string of the molecule is Cc1ccc(CNC(=O)C2CC2C(=O)Nc2cc(Cl)ccc2C)cc1. The highest BCUT2D eigenvalue weighted by Gasteiger charge is 2.47. The number of carbonyl (C=O) groups excluding carboxylic acids is 2. The van der Waals surface area contributed by atoms with Crippen LogP contribution in [0.1, 0.15) is 23.1 Å². The van der Waals surface area contributed by atoms with Crippen LogP contribution in [0.25, 0.3) is 0 Å². The highest BCUT2D eigenvalue weighted by atomic mass is 35.5. The van der Waals surface area contributed by atoms with Crippen molar-refractivity contribution in [1.82, 2.24) is 5.32 Å². The molecule has 2 amide bonds. The van der Waals surface area contributed by atoms with E-state index in [0.717, 1.165) is 11.1 Å². The maximum absolute atomic E-state index is 12.3. The van der Waals surface area contributed by atoms with E-state index < -0.39 is 0 Å². The summed E-state index contributed by atoms with van der Waals surface area (Å²) < 4.78 is 0. The number of rotatable bonds is 5. The Labute approximate surface area is 152 Å². The van der Waals surface area contributed by atoms with Crippen LogP contribution in [0.4, 0.5) is 5.69 Å². The standard InChI is InChI=1S/C20H21ClN2O2/c1-12-3-6-14(7-4-12)11-22-19(24)16-10-17(16)20(25)23-18-9-15(21)8-5-13(18)2/h3-9,16-17H,10-11H2,1-2H3,(H,22,24)(H,23,25). The number of carbonyl (C=O) groups is 2. The summed E-state index contributed by atoms with van der Waals surface area (Å²) in [6.45, 7) is 4.42. The zero-order chi connectivity index (χ0) is 18.0. The summed E-state index contributed by atoms with van der Waals surface area (Å²) in [4.78, 5) is 24.6. The summed E-state index contributed by atoms with van der Waals surface area (Å²) in [5.41, 5.74) is 3.88. The molecule has 2 aromatic rings. The van der Waals surface area contributed by atoms with Crippen molar-refractivity contribution >= 4 is 29.1 Å². The molecule has 2 atom stereocenters. The molecule has 2 unspecified atom stereocenters. The van der Waals surface area contributed by atoms with Gasteiger partial charge in [0.25, 0.3) is 0 Å². The average Bonchev–Trinajstić information content (AvgIpc) is 3.38. The van der Waals surface area contributed by atoms with Gasteiger partial charge in [0.15, 0.2) is 0 Å². The molecule has 0 spiro atoms. The summed E-state index contributed by atoms with van der Waals surface area (Å²) in [5, 5.41) is 6.36. The number of hydrogen-bond donors (Lipinski definition) is 2. The lowest BCUT2D eigenvalue weighted by molar-refractivity contribution is -0.125. The van der Waals surface area contributed by atoms with E-state index in [4.69, 9.17) is 11.6 Å². The highest BCUT2D eigenvalue weighted by molar-refractivity contribution is 6.31. The monoisotopic (exact) mass is 356 g/mol. The number of anilines is 1. The molecule has 2 aromatic carbocycles. The number of nitrogens with one attached hydrogen (secondary N) is 2. The van der Waals surface area contributed by atoms with Gasteiger partial charge in [0, 0.05) is 17.3 Å². The Bertz CT molecular complexity index is 802. The van der Waals surface area contributed by atoms with Crippen LogP contribution in [0.15, 0.2) is 42.5 Å². The number of benzene rings is 2. The number of aryl methyl sites for hydroxylation is 2. The smallest absolute Gasteiger partial charge is 0.228 e.